The van der Waals surface area contributed by atoms with Crippen LogP contribution in [-0.2, 0) is 11.3 Å². The summed E-state index contributed by atoms with van der Waals surface area (Å²) in [6.45, 7) is 10.9. The quantitative estimate of drug-likeness (QED) is 0.815. The number of rotatable bonds is 4. The Morgan fingerprint density at radius 2 is 1.78 bits per heavy atom. The van der Waals surface area contributed by atoms with Gasteiger partial charge in [0.2, 0.25) is 11.8 Å². The van der Waals surface area contributed by atoms with E-state index in [1.165, 1.54) is 0 Å². The van der Waals surface area contributed by atoms with Crippen LogP contribution in [0.1, 0.15) is 31.5 Å². The van der Waals surface area contributed by atoms with Gasteiger partial charge in [-0.15, -0.1) is 0 Å². The minimum atomic E-state index is 0.291. The first-order valence-electron chi connectivity index (χ1n) is 8.62. The summed E-state index contributed by atoms with van der Waals surface area (Å²) in [6, 6.07) is 0. The summed E-state index contributed by atoms with van der Waals surface area (Å²) in [7, 11) is 0. The molecule has 23 heavy (non-hydrogen) atoms. The van der Waals surface area contributed by atoms with E-state index in [0.717, 1.165) is 70.4 Å². The van der Waals surface area contributed by atoms with Gasteiger partial charge in [-0.3, -0.25) is 14.6 Å². The third-order valence-electron chi connectivity index (χ3n) is 4.89. The van der Waals surface area contributed by atoms with Crippen molar-refractivity contribution in [3.63, 3.8) is 0 Å². The van der Waals surface area contributed by atoms with Gasteiger partial charge in [0.1, 0.15) is 0 Å². The molecule has 1 aromatic heterocycles. The maximum absolute atomic E-state index is 12.4. The monoisotopic (exact) mass is 321 g/mol. The van der Waals surface area contributed by atoms with Crippen molar-refractivity contribution in [2.24, 2.45) is 5.92 Å². The predicted octanol–water partition coefficient (Wildman–Crippen LogP) is 0.754. The van der Waals surface area contributed by atoms with E-state index in [2.05, 4.69) is 26.9 Å². The van der Waals surface area contributed by atoms with Crippen molar-refractivity contribution in [1.29, 1.82) is 0 Å². The lowest BCUT2D eigenvalue weighted by Gasteiger charge is -2.36. The van der Waals surface area contributed by atoms with E-state index in [1.54, 1.807) is 6.92 Å². The number of piperazine rings is 1. The largest absolute Gasteiger partial charge is 0.342 e. The van der Waals surface area contributed by atoms with Crippen LogP contribution in [-0.4, -0.2) is 76.6 Å². The zero-order valence-electron chi connectivity index (χ0n) is 14.2. The van der Waals surface area contributed by atoms with Crippen LogP contribution in [0.5, 0.6) is 0 Å². The third-order valence-corrected chi connectivity index (χ3v) is 4.89. The molecular weight excluding hydrogens is 294 g/mol. The van der Waals surface area contributed by atoms with Crippen LogP contribution >= 0.6 is 0 Å². The molecule has 0 radical (unpaired) electrons. The van der Waals surface area contributed by atoms with Crippen LogP contribution in [0.4, 0.5) is 0 Å². The number of aromatic nitrogens is 2. The molecule has 0 saturated carbocycles. The summed E-state index contributed by atoms with van der Waals surface area (Å²) in [5.74, 6) is 2.41. The lowest BCUT2D eigenvalue weighted by Crippen LogP contribution is -2.50. The maximum Gasteiger partial charge on any atom is 0.236 e. The van der Waals surface area contributed by atoms with Crippen molar-refractivity contribution >= 4 is 5.91 Å². The number of amides is 1. The first-order chi connectivity index (χ1) is 11.1. The molecule has 1 aromatic rings. The molecule has 1 amide bonds. The minimum absolute atomic E-state index is 0.291. The van der Waals surface area contributed by atoms with E-state index in [9.17, 15) is 4.79 Å². The summed E-state index contributed by atoms with van der Waals surface area (Å²) in [6.07, 6.45) is 2.28. The van der Waals surface area contributed by atoms with Crippen molar-refractivity contribution in [3.8, 4) is 0 Å². The fourth-order valence-corrected chi connectivity index (χ4v) is 3.26. The zero-order chi connectivity index (χ0) is 16.2. The average Bonchev–Trinajstić information content (AvgIpc) is 2.95. The lowest BCUT2D eigenvalue weighted by molar-refractivity contribution is -0.134. The number of nitrogens with zero attached hydrogens (tertiary/aromatic N) is 5. The lowest BCUT2D eigenvalue weighted by atomic mass is 9.99. The molecule has 128 valence electrons. The zero-order valence-corrected chi connectivity index (χ0v) is 14.2. The number of piperidine rings is 1. The highest BCUT2D eigenvalue weighted by Gasteiger charge is 2.24. The Kier molecular flexibility index (Phi) is 5.27. The van der Waals surface area contributed by atoms with Gasteiger partial charge in [-0.25, -0.2) is 0 Å². The van der Waals surface area contributed by atoms with Gasteiger partial charge < -0.3 is 9.42 Å². The van der Waals surface area contributed by atoms with E-state index in [4.69, 9.17) is 4.52 Å². The summed E-state index contributed by atoms with van der Waals surface area (Å²) < 4.78 is 5.01. The predicted molar refractivity (Wildman–Crippen MR) is 85.7 cm³/mol. The molecule has 0 spiro atoms. The second-order valence-electron chi connectivity index (χ2n) is 6.85. The van der Waals surface area contributed by atoms with Gasteiger partial charge in [-0.1, -0.05) is 12.1 Å². The molecule has 2 aliphatic rings. The minimum Gasteiger partial charge on any atom is -0.342 e. The second-order valence-corrected chi connectivity index (χ2v) is 6.85. The SMILES string of the molecule is Cc1nc(CN2CCN(CC(=O)N3CCC(C)CC3)CC2)no1. The molecule has 0 bridgehead atoms. The molecule has 2 fully saturated rings. The Bertz CT molecular complexity index is 516. The molecule has 0 unspecified atom stereocenters. The van der Waals surface area contributed by atoms with Gasteiger partial charge >= 0.3 is 0 Å². The first kappa shape index (κ1) is 16.4. The molecule has 0 aromatic carbocycles. The molecule has 0 N–H and O–H groups in total. The van der Waals surface area contributed by atoms with Gasteiger partial charge in [0.05, 0.1) is 13.1 Å². The standard InChI is InChI=1S/C16H27N5O2/c1-13-3-5-21(6-4-13)16(22)12-20-9-7-19(8-10-20)11-15-17-14(2)23-18-15/h13H,3-12H2,1-2H3. The number of carbonyl (C=O) groups excluding carboxylic acids is 1. The van der Waals surface area contributed by atoms with E-state index < -0.39 is 0 Å². The Morgan fingerprint density at radius 1 is 1.13 bits per heavy atom. The van der Waals surface area contributed by atoms with Crippen molar-refractivity contribution < 1.29 is 9.32 Å². The van der Waals surface area contributed by atoms with Crippen LogP contribution in [0, 0.1) is 12.8 Å². The third kappa shape index (κ3) is 4.51. The molecule has 7 nitrogen and oxygen atoms in total. The Balaban J connectivity index is 1.39. The normalized spacial score (nSPS) is 21.7. The average molecular weight is 321 g/mol. The van der Waals surface area contributed by atoms with Crippen LogP contribution in [0.2, 0.25) is 0 Å². The highest BCUT2D eigenvalue weighted by molar-refractivity contribution is 5.78. The summed E-state index contributed by atoms with van der Waals surface area (Å²) in [5.41, 5.74) is 0. The van der Waals surface area contributed by atoms with E-state index in [-0.39, 0.29) is 0 Å². The van der Waals surface area contributed by atoms with Crippen molar-refractivity contribution in [3.05, 3.63) is 11.7 Å². The summed E-state index contributed by atoms with van der Waals surface area (Å²) >= 11 is 0. The molecule has 2 aliphatic heterocycles. The van der Waals surface area contributed by atoms with Gasteiger partial charge in [-0.2, -0.15) is 4.98 Å². The Hall–Kier alpha value is -1.47. The Morgan fingerprint density at radius 3 is 2.39 bits per heavy atom. The van der Waals surface area contributed by atoms with Gasteiger partial charge in [0.25, 0.3) is 0 Å². The number of likely N-dealkylation sites (tertiary alicyclic amines) is 1. The van der Waals surface area contributed by atoms with Crippen LogP contribution in [0.25, 0.3) is 0 Å². The maximum atomic E-state index is 12.4. The first-order valence-corrected chi connectivity index (χ1v) is 8.62. The number of hydrogen-bond acceptors (Lipinski definition) is 6. The van der Waals surface area contributed by atoms with E-state index in [1.807, 2.05) is 4.90 Å². The summed E-state index contributed by atoms with van der Waals surface area (Å²) in [5, 5.41) is 3.94. The molecular formula is C16H27N5O2. The summed E-state index contributed by atoms with van der Waals surface area (Å²) in [4.78, 5) is 23.2. The molecule has 0 aliphatic carbocycles. The molecule has 7 heteroatoms. The Labute approximate surface area is 137 Å². The van der Waals surface area contributed by atoms with E-state index >= 15 is 0 Å². The highest BCUT2D eigenvalue weighted by atomic mass is 16.5. The van der Waals surface area contributed by atoms with E-state index in [0.29, 0.717) is 18.3 Å². The van der Waals surface area contributed by atoms with Crippen molar-refractivity contribution in [2.45, 2.75) is 33.2 Å². The van der Waals surface area contributed by atoms with Crippen LogP contribution in [0.3, 0.4) is 0 Å². The van der Waals surface area contributed by atoms with Crippen molar-refractivity contribution in [2.75, 3.05) is 45.8 Å². The second kappa shape index (κ2) is 7.40. The molecule has 2 saturated heterocycles. The topological polar surface area (TPSA) is 65.7 Å². The number of aryl methyl sites for hydroxylation is 1. The van der Waals surface area contributed by atoms with Gasteiger partial charge in [-0.05, 0) is 18.8 Å². The number of hydrogen-bond donors (Lipinski definition) is 0. The van der Waals surface area contributed by atoms with Crippen LogP contribution in [0.15, 0.2) is 4.52 Å². The fourth-order valence-electron chi connectivity index (χ4n) is 3.26. The van der Waals surface area contributed by atoms with Crippen molar-refractivity contribution in [1.82, 2.24) is 24.8 Å². The van der Waals surface area contributed by atoms with Crippen LogP contribution < -0.4 is 0 Å². The van der Waals surface area contributed by atoms with Gasteiger partial charge in [0, 0.05) is 46.2 Å². The smallest absolute Gasteiger partial charge is 0.236 e. The van der Waals surface area contributed by atoms with Gasteiger partial charge in [0.15, 0.2) is 5.82 Å². The molecule has 0 atom stereocenters. The molecule has 3 rings (SSSR count). The number of carbonyl (C=O) groups is 1. The highest BCUT2D eigenvalue weighted by Crippen LogP contribution is 2.16. The fraction of sp³-hybridized carbons (Fsp3) is 0.812. The molecule has 3 heterocycles.